The summed E-state index contributed by atoms with van der Waals surface area (Å²) in [6, 6.07) is 8.04. The van der Waals surface area contributed by atoms with E-state index in [2.05, 4.69) is 32.3 Å². The van der Waals surface area contributed by atoms with E-state index in [0.29, 0.717) is 25.7 Å². The molecule has 6 nitrogen and oxygen atoms in total. The first kappa shape index (κ1) is 23.1. The number of likely N-dealkylation sites (N-methyl/N-ethyl adjacent to an activating group) is 1. The van der Waals surface area contributed by atoms with Gasteiger partial charge in [0, 0.05) is 45.8 Å². The lowest BCUT2D eigenvalue weighted by Crippen LogP contribution is -2.41. The highest BCUT2D eigenvalue weighted by Crippen LogP contribution is 2.17. The van der Waals surface area contributed by atoms with Gasteiger partial charge in [0.25, 0.3) is 0 Å². The molecule has 24 heavy (non-hydrogen) atoms. The van der Waals surface area contributed by atoms with Crippen LogP contribution >= 0.6 is 39.9 Å². The minimum atomic E-state index is -0.0367. The van der Waals surface area contributed by atoms with Gasteiger partial charge in [0.1, 0.15) is 6.54 Å². The van der Waals surface area contributed by atoms with Crippen molar-refractivity contribution in [3.63, 3.8) is 0 Å². The van der Waals surface area contributed by atoms with Crippen LogP contribution in [0.1, 0.15) is 5.56 Å². The fraction of sp³-hybridized carbons (Fsp3) is 0.500. The van der Waals surface area contributed by atoms with Gasteiger partial charge >= 0.3 is 0 Å². The molecule has 0 aliphatic heterocycles. The molecule has 0 radical (unpaired) electrons. The predicted molar refractivity (Wildman–Crippen MR) is 112 cm³/mol. The number of hydrogen-bond acceptors (Lipinski definition) is 3. The monoisotopic (exact) mass is 512 g/mol. The van der Waals surface area contributed by atoms with Crippen molar-refractivity contribution in [3.05, 3.63) is 34.3 Å². The van der Waals surface area contributed by atoms with Gasteiger partial charge in [-0.15, -0.1) is 24.0 Å². The van der Waals surface area contributed by atoms with E-state index in [0.717, 1.165) is 10.0 Å². The number of hydrogen-bond donors (Lipinski definition) is 1. The van der Waals surface area contributed by atoms with Crippen LogP contribution in [0.25, 0.3) is 0 Å². The van der Waals surface area contributed by atoms with E-state index in [9.17, 15) is 4.79 Å². The Morgan fingerprint density at radius 3 is 2.54 bits per heavy atom. The second-order valence-corrected chi connectivity index (χ2v) is 6.15. The number of ether oxygens (including phenoxy) is 1. The number of nitrogens with one attached hydrogen (secondary N) is 1. The van der Waals surface area contributed by atoms with Crippen molar-refractivity contribution >= 4 is 51.8 Å². The van der Waals surface area contributed by atoms with Crippen molar-refractivity contribution in [1.29, 1.82) is 0 Å². The molecular weight excluding hydrogens is 487 g/mol. The molecule has 0 spiro atoms. The summed E-state index contributed by atoms with van der Waals surface area (Å²) in [6.45, 7) is 1.99. The zero-order valence-corrected chi connectivity index (χ0v) is 18.5. The normalized spacial score (nSPS) is 10.8. The molecule has 0 aromatic heterocycles. The SMILES string of the molecule is COCCNC(=NCC(=O)N(C)C)N(C)Cc1ccccc1Br.I. The summed E-state index contributed by atoms with van der Waals surface area (Å²) in [5, 5.41) is 3.22. The van der Waals surface area contributed by atoms with Crippen LogP contribution in [0.3, 0.4) is 0 Å². The summed E-state index contributed by atoms with van der Waals surface area (Å²) in [6.07, 6.45) is 0. The van der Waals surface area contributed by atoms with Crippen molar-refractivity contribution in [2.45, 2.75) is 6.54 Å². The van der Waals surface area contributed by atoms with Gasteiger partial charge in [-0.05, 0) is 11.6 Å². The molecule has 0 unspecified atom stereocenters. The Balaban J connectivity index is 0.00000529. The topological polar surface area (TPSA) is 57.2 Å². The molecule has 1 rings (SSSR count). The molecule has 0 fully saturated rings. The van der Waals surface area contributed by atoms with Gasteiger partial charge in [0.05, 0.1) is 6.61 Å². The Morgan fingerprint density at radius 1 is 1.29 bits per heavy atom. The van der Waals surface area contributed by atoms with Crippen molar-refractivity contribution in [3.8, 4) is 0 Å². The summed E-state index contributed by atoms with van der Waals surface area (Å²) in [4.78, 5) is 19.7. The Morgan fingerprint density at radius 2 is 1.96 bits per heavy atom. The Labute approximate surface area is 169 Å². The summed E-state index contributed by atoms with van der Waals surface area (Å²) in [5.41, 5.74) is 1.15. The first-order valence-electron chi connectivity index (χ1n) is 7.37. The molecule has 1 aromatic rings. The number of guanidine groups is 1. The van der Waals surface area contributed by atoms with Crippen molar-refractivity contribution in [2.24, 2.45) is 4.99 Å². The second kappa shape index (κ2) is 12.5. The third-order valence-electron chi connectivity index (χ3n) is 3.18. The van der Waals surface area contributed by atoms with Crippen LogP contribution in [-0.4, -0.2) is 69.6 Å². The van der Waals surface area contributed by atoms with Gasteiger partial charge in [-0.25, -0.2) is 4.99 Å². The smallest absolute Gasteiger partial charge is 0.243 e. The number of carbonyl (C=O) groups is 1. The van der Waals surface area contributed by atoms with E-state index in [1.807, 2.05) is 30.1 Å². The number of benzene rings is 1. The number of halogens is 2. The minimum Gasteiger partial charge on any atom is -0.383 e. The van der Waals surface area contributed by atoms with Gasteiger partial charge in [0.2, 0.25) is 5.91 Å². The highest BCUT2D eigenvalue weighted by Gasteiger charge is 2.10. The molecule has 0 aliphatic rings. The number of carbonyl (C=O) groups excluding carboxylic acids is 1. The Hall–Kier alpha value is -0.870. The molecule has 0 saturated carbocycles. The molecule has 1 N–H and O–H groups in total. The van der Waals surface area contributed by atoms with Gasteiger partial charge in [-0.3, -0.25) is 4.79 Å². The van der Waals surface area contributed by atoms with E-state index < -0.39 is 0 Å². The van der Waals surface area contributed by atoms with Gasteiger partial charge in [-0.1, -0.05) is 34.1 Å². The highest BCUT2D eigenvalue weighted by molar-refractivity contribution is 14.0. The number of rotatable bonds is 7. The maximum Gasteiger partial charge on any atom is 0.243 e. The van der Waals surface area contributed by atoms with Crippen LogP contribution in [0.5, 0.6) is 0 Å². The molecule has 0 aliphatic carbocycles. The van der Waals surface area contributed by atoms with Crippen molar-refractivity contribution < 1.29 is 9.53 Å². The summed E-state index contributed by atoms with van der Waals surface area (Å²) in [5.74, 6) is 0.637. The summed E-state index contributed by atoms with van der Waals surface area (Å²) >= 11 is 3.55. The second-order valence-electron chi connectivity index (χ2n) is 5.30. The molecule has 0 bridgehead atoms. The molecule has 0 atom stereocenters. The lowest BCUT2D eigenvalue weighted by molar-refractivity contribution is -0.127. The van der Waals surface area contributed by atoms with E-state index in [1.165, 1.54) is 4.90 Å². The van der Waals surface area contributed by atoms with Crippen LogP contribution in [0.4, 0.5) is 0 Å². The predicted octanol–water partition coefficient (Wildman–Crippen LogP) is 2.18. The molecule has 1 amide bonds. The molecule has 0 heterocycles. The third-order valence-corrected chi connectivity index (χ3v) is 3.95. The van der Waals surface area contributed by atoms with Crippen molar-refractivity contribution in [2.75, 3.05) is 47.9 Å². The van der Waals surface area contributed by atoms with Crippen molar-refractivity contribution in [1.82, 2.24) is 15.1 Å². The minimum absolute atomic E-state index is 0. The Kier molecular flexibility index (Phi) is 12.0. The summed E-state index contributed by atoms with van der Waals surface area (Å²) < 4.78 is 6.10. The van der Waals surface area contributed by atoms with E-state index >= 15 is 0 Å². The molecule has 8 heteroatoms. The first-order valence-corrected chi connectivity index (χ1v) is 8.17. The number of methoxy groups -OCH3 is 1. The summed E-state index contributed by atoms with van der Waals surface area (Å²) in [7, 11) is 7.04. The van der Waals surface area contributed by atoms with Gasteiger partial charge < -0.3 is 19.9 Å². The fourth-order valence-electron chi connectivity index (χ4n) is 1.82. The quantitative estimate of drug-likeness (QED) is 0.263. The average Bonchev–Trinajstić information content (AvgIpc) is 2.52. The number of amides is 1. The Bertz CT molecular complexity index is 541. The first-order chi connectivity index (χ1) is 11.0. The maximum absolute atomic E-state index is 11.8. The lowest BCUT2D eigenvalue weighted by Gasteiger charge is -2.23. The van der Waals surface area contributed by atoms with Crippen LogP contribution in [0.2, 0.25) is 0 Å². The van der Waals surface area contributed by atoms with Crippen LogP contribution < -0.4 is 5.32 Å². The third kappa shape index (κ3) is 8.29. The van der Waals surface area contributed by atoms with E-state index in [4.69, 9.17) is 4.74 Å². The van der Waals surface area contributed by atoms with Crippen LogP contribution in [0, 0.1) is 0 Å². The van der Waals surface area contributed by atoms with Gasteiger partial charge in [0.15, 0.2) is 5.96 Å². The average molecular weight is 513 g/mol. The zero-order valence-electron chi connectivity index (χ0n) is 14.6. The highest BCUT2D eigenvalue weighted by atomic mass is 127. The standard InChI is InChI=1S/C16H25BrN4O2.HI/c1-20(2)15(22)11-19-16(18-9-10-23-4)21(3)12-13-7-5-6-8-14(13)17;/h5-8H,9-12H2,1-4H3,(H,18,19);1H. The van der Waals surface area contributed by atoms with E-state index in [-0.39, 0.29) is 36.4 Å². The fourth-order valence-corrected chi connectivity index (χ4v) is 2.23. The van der Waals surface area contributed by atoms with Gasteiger partial charge in [-0.2, -0.15) is 0 Å². The zero-order chi connectivity index (χ0) is 17.2. The largest absolute Gasteiger partial charge is 0.383 e. The van der Waals surface area contributed by atoms with E-state index in [1.54, 1.807) is 21.2 Å². The van der Waals surface area contributed by atoms with Crippen LogP contribution in [-0.2, 0) is 16.1 Å². The lowest BCUT2D eigenvalue weighted by atomic mass is 10.2. The molecule has 1 aromatic carbocycles. The molecule has 136 valence electrons. The molecule has 0 saturated heterocycles. The number of aliphatic imine (C=N–C) groups is 1. The number of nitrogens with zero attached hydrogens (tertiary/aromatic N) is 3. The van der Waals surface area contributed by atoms with Crippen LogP contribution in [0.15, 0.2) is 33.7 Å². The maximum atomic E-state index is 11.8. The molecular formula is C16H26BrIN4O2.